The maximum Gasteiger partial charge on any atom is 0.133 e. The Bertz CT molecular complexity index is 360. The Morgan fingerprint density at radius 3 is 2.84 bits per heavy atom. The Labute approximate surface area is 115 Å². The summed E-state index contributed by atoms with van der Waals surface area (Å²) < 4.78 is 10.2. The van der Waals surface area contributed by atoms with Crippen LogP contribution in [0, 0.1) is 0 Å². The van der Waals surface area contributed by atoms with E-state index in [9.17, 15) is 0 Å². The molecule has 0 bridgehead atoms. The summed E-state index contributed by atoms with van der Waals surface area (Å²) in [6.45, 7) is 5.15. The first-order valence-electron chi connectivity index (χ1n) is 6.56. The van der Waals surface area contributed by atoms with E-state index < -0.39 is 0 Å². The molecule has 0 saturated carbocycles. The van der Waals surface area contributed by atoms with Crippen LogP contribution in [0.15, 0.2) is 18.3 Å². The lowest BCUT2D eigenvalue weighted by Crippen LogP contribution is -2.34. The van der Waals surface area contributed by atoms with Crippen molar-refractivity contribution in [2.24, 2.45) is 0 Å². The van der Waals surface area contributed by atoms with Crippen LogP contribution in [0.1, 0.15) is 12.5 Å². The molecule has 0 saturated heterocycles. The molecule has 1 unspecified atom stereocenters. The van der Waals surface area contributed by atoms with Crippen LogP contribution in [-0.4, -0.2) is 52.1 Å². The minimum atomic E-state index is 0.289. The average molecular weight is 267 g/mol. The van der Waals surface area contributed by atoms with E-state index in [2.05, 4.69) is 28.2 Å². The zero-order chi connectivity index (χ0) is 14.1. The number of aromatic nitrogens is 1. The summed E-state index contributed by atoms with van der Waals surface area (Å²) in [5.74, 6) is 0.997. The lowest BCUT2D eigenvalue weighted by atomic mass is 10.2. The Morgan fingerprint density at radius 1 is 1.37 bits per heavy atom. The number of nitrogens with zero attached hydrogens (tertiary/aromatic N) is 2. The minimum absolute atomic E-state index is 0.289. The number of likely N-dealkylation sites (N-methyl/N-ethyl adjacent to an activating group) is 1. The Morgan fingerprint density at radius 2 is 2.16 bits per heavy atom. The normalized spacial score (nSPS) is 12.4. The standard InChI is InChI=1S/C14H25N3O2/c1-12(11-19-4)17(2)14-13(6-5-7-16-14)10-15-8-9-18-3/h5-7,12,15H,8-11H2,1-4H3. The smallest absolute Gasteiger partial charge is 0.133 e. The van der Waals surface area contributed by atoms with Crippen molar-refractivity contribution in [2.75, 3.05) is 45.9 Å². The average Bonchev–Trinajstić information content (AvgIpc) is 2.43. The summed E-state index contributed by atoms with van der Waals surface area (Å²) in [6.07, 6.45) is 1.82. The third-order valence-electron chi connectivity index (χ3n) is 3.07. The molecule has 0 aliphatic carbocycles. The van der Waals surface area contributed by atoms with Gasteiger partial charge in [-0.05, 0) is 13.0 Å². The van der Waals surface area contributed by atoms with Crippen LogP contribution in [-0.2, 0) is 16.0 Å². The van der Waals surface area contributed by atoms with Crippen LogP contribution >= 0.6 is 0 Å². The van der Waals surface area contributed by atoms with Gasteiger partial charge in [-0.15, -0.1) is 0 Å². The fourth-order valence-electron chi connectivity index (χ4n) is 1.84. The molecule has 0 spiro atoms. The van der Waals surface area contributed by atoms with Crippen molar-refractivity contribution in [3.8, 4) is 0 Å². The largest absolute Gasteiger partial charge is 0.383 e. The third kappa shape index (κ3) is 5.14. The van der Waals surface area contributed by atoms with E-state index in [4.69, 9.17) is 9.47 Å². The third-order valence-corrected chi connectivity index (χ3v) is 3.07. The molecule has 0 amide bonds. The maximum atomic E-state index is 5.20. The summed E-state index contributed by atoms with van der Waals surface area (Å²) in [6, 6.07) is 4.35. The van der Waals surface area contributed by atoms with E-state index in [-0.39, 0.29) is 6.04 Å². The van der Waals surface area contributed by atoms with E-state index in [0.29, 0.717) is 13.2 Å². The van der Waals surface area contributed by atoms with Crippen LogP contribution < -0.4 is 10.2 Å². The first kappa shape index (κ1) is 15.9. The number of nitrogens with one attached hydrogen (secondary N) is 1. The molecule has 5 nitrogen and oxygen atoms in total. The van der Waals surface area contributed by atoms with Gasteiger partial charge < -0.3 is 19.7 Å². The molecule has 0 radical (unpaired) electrons. The molecule has 1 N–H and O–H groups in total. The van der Waals surface area contributed by atoms with Gasteiger partial charge in [-0.25, -0.2) is 4.98 Å². The molecule has 1 atom stereocenters. The van der Waals surface area contributed by atoms with Crippen LogP contribution in [0.3, 0.4) is 0 Å². The van der Waals surface area contributed by atoms with Crippen LogP contribution in [0.4, 0.5) is 5.82 Å². The molecule has 19 heavy (non-hydrogen) atoms. The maximum absolute atomic E-state index is 5.20. The van der Waals surface area contributed by atoms with Gasteiger partial charge in [0.2, 0.25) is 0 Å². The van der Waals surface area contributed by atoms with E-state index >= 15 is 0 Å². The van der Waals surface area contributed by atoms with Gasteiger partial charge in [-0.1, -0.05) is 6.07 Å². The summed E-state index contributed by atoms with van der Waals surface area (Å²) >= 11 is 0. The van der Waals surface area contributed by atoms with Crippen LogP contribution in [0.5, 0.6) is 0 Å². The van der Waals surface area contributed by atoms with Gasteiger partial charge in [-0.2, -0.15) is 0 Å². The molecule has 1 rings (SSSR count). The second-order valence-electron chi connectivity index (χ2n) is 4.57. The highest BCUT2D eigenvalue weighted by molar-refractivity contribution is 5.46. The SMILES string of the molecule is COCCNCc1cccnc1N(C)C(C)COC. The number of anilines is 1. The Hall–Kier alpha value is -1.17. The van der Waals surface area contributed by atoms with Gasteiger partial charge in [0.1, 0.15) is 5.82 Å². The van der Waals surface area contributed by atoms with E-state index in [1.807, 2.05) is 19.3 Å². The highest BCUT2D eigenvalue weighted by Crippen LogP contribution is 2.17. The molecule has 5 heteroatoms. The van der Waals surface area contributed by atoms with Crippen molar-refractivity contribution in [3.63, 3.8) is 0 Å². The van der Waals surface area contributed by atoms with Gasteiger partial charge >= 0.3 is 0 Å². The van der Waals surface area contributed by atoms with E-state index in [0.717, 1.165) is 18.9 Å². The topological polar surface area (TPSA) is 46.6 Å². The molecular weight excluding hydrogens is 242 g/mol. The molecule has 1 aromatic rings. The Balaban J connectivity index is 2.66. The second-order valence-corrected chi connectivity index (χ2v) is 4.57. The lowest BCUT2D eigenvalue weighted by Gasteiger charge is -2.27. The van der Waals surface area contributed by atoms with Gasteiger partial charge in [-0.3, -0.25) is 0 Å². The van der Waals surface area contributed by atoms with Gasteiger partial charge in [0, 0.05) is 46.1 Å². The quantitative estimate of drug-likeness (QED) is 0.683. The van der Waals surface area contributed by atoms with Crippen molar-refractivity contribution in [1.29, 1.82) is 0 Å². The summed E-state index contributed by atoms with van der Waals surface area (Å²) in [5.41, 5.74) is 1.18. The van der Waals surface area contributed by atoms with Crippen molar-refractivity contribution < 1.29 is 9.47 Å². The van der Waals surface area contributed by atoms with E-state index in [1.54, 1.807) is 14.2 Å². The zero-order valence-corrected chi connectivity index (χ0v) is 12.3. The molecule has 0 aromatic carbocycles. The molecule has 0 aliphatic rings. The van der Waals surface area contributed by atoms with E-state index in [1.165, 1.54) is 5.56 Å². The molecule has 0 aliphatic heterocycles. The fourth-order valence-corrected chi connectivity index (χ4v) is 1.84. The highest BCUT2D eigenvalue weighted by Gasteiger charge is 2.14. The van der Waals surface area contributed by atoms with Gasteiger partial charge in [0.25, 0.3) is 0 Å². The van der Waals surface area contributed by atoms with Crippen molar-refractivity contribution >= 4 is 5.82 Å². The van der Waals surface area contributed by atoms with Crippen molar-refractivity contribution in [2.45, 2.75) is 19.5 Å². The van der Waals surface area contributed by atoms with Crippen molar-refractivity contribution in [3.05, 3.63) is 23.9 Å². The predicted molar refractivity (Wildman–Crippen MR) is 77.6 cm³/mol. The van der Waals surface area contributed by atoms with Crippen LogP contribution in [0.25, 0.3) is 0 Å². The first-order valence-corrected chi connectivity index (χ1v) is 6.56. The number of ether oxygens (including phenoxy) is 2. The minimum Gasteiger partial charge on any atom is -0.383 e. The van der Waals surface area contributed by atoms with Gasteiger partial charge in [0.05, 0.1) is 19.3 Å². The zero-order valence-electron chi connectivity index (χ0n) is 12.3. The summed E-state index contributed by atoms with van der Waals surface area (Å²) in [7, 11) is 5.47. The molecule has 1 aromatic heterocycles. The highest BCUT2D eigenvalue weighted by atomic mass is 16.5. The molecule has 108 valence electrons. The summed E-state index contributed by atoms with van der Waals surface area (Å²) in [5, 5.41) is 3.35. The lowest BCUT2D eigenvalue weighted by molar-refractivity contribution is 0.183. The number of hydrogen-bond donors (Lipinski definition) is 1. The van der Waals surface area contributed by atoms with Crippen molar-refractivity contribution in [1.82, 2.24) is 10.3 Å². The molecule has 0 fully saturated rings. The van der Waals surface area contributed by atoms with Crippen LogP contribution in [0.2, 0.25) is 0 Å². The number of rotatable bonds is 9. The van der Waals surface area contributed by atoms with Gasteiger partial charge in [0.15, 0.2) is 0 Å². The predicted octanol–water partition coefficient (Wildman–Crippen LogP) is 1.29. The molecular formula is C14H25N3O2. The molecule has 1 heterocycles. The number of hydrogen-bond acceptors (Lipinski definition) is 5. The summed E-state index contributed by atoms with van der Waals surface area (Å²) in [4.78, 5) is 6.63. The fraction of sp³-hybridized carbons (Fsp3) is 0.643. The first-order chi connectivity index (χ1) is 9.20. The number of methoxy groups -OCH3 is 2. The Kier molecular flexibility index (Phi) is 7.40. The second kappa shape index (κ2) is 8.85. The monoisotopic (exact) mass is 267 g/mol. The number of pyridine rings is 1.